The monoisotopic (exact) mass is 346 g/mol. The molecule has 0 aliphatic carbocycles. The summed E-state index contributed by atoms with van der Waals surface area (Å²) in [5.74, 6) is -1.17. The Balaban J connectivity index is 1.89. The van der Waals surface area contributed by atoms with Gasteiger partial charge in [-0.2, -0.15) is 4.39 Å². The number of aliphatic hydroxyl groups excluding tert-OH is 2. The van der Waals surface area contributed by atoms with Crippen molar-refractivity contribution in [3.05, 3.63) is 32.9 Å². The van der Waals surface area contributed by atoms with Gasteiger partial charge in [0, 0.05) is 6.61 Å². The first-order valence-electron chi connectivity index (χ1n) is 7.73. The number of hydrogen-bond acceptors (Lipinski definition) is 7. The van der Waals surface area contributed by atoms with Crippen LogP contribution in [0.25, 0.3) is 0 Å². The van der Waals surface area contributed by atoms with E-state index in [0.717, 1.165) is 17.4 Å². The topological polar surface area (TPSA) is 123 Å². The molecule has 9 nitrogen and oxygen atoms in total. The first-order valence-corrected chi connectivity index (χ1v) is 7.73. The van der Waals surface area contributed by atoms with Crippen molar-refractivity contribution in [3.8, 4) is 0 Å². The van der Waals surface area contributed by atoms with Crippen LogP contribution in [0, 0.1) is 5.82 Å². The van der Waals surface area contributed by atoms with E-state index in [0.29, 0.717) is 19.2 Å². The van der Waals surface area contributed by atoms with Gasteiger partial charge in [-0.1, -0.05) is 0 Å². The fourth-order valence-corrected chi connectivity index (χ4v) is 2.88. The maximum Gasteiger partial charge on any atom is 0.330 e. The molecule has 2 aliphatic rings. The molecular formula is C14H19FN2O7. The van der Waals surface area contributed by atoms with Crippen LogP contribution in [0.2, 0.25) is 0 Å². The number of H-pyrrole nitrogens is 1. The number of hydrogen-bond donors (Lipinski definition) is 3. The Labute approximate surface area is 135 Å². The zero-order valence-corrected chi connectivity index (χ0v) is 12.8. The summed E-state index contributed by atoms with van der Waals surface area (Å²) in [7, 11) is 0. The second-order valence-electron chi connectivity index (χ2n) is 5.78. The van der Waals surface area contributed by atoms with E-state index in [1.165, 1.54) is 0 Å². The highest BCUT2D eigenvalue weighted by atomic mass is 19.1. The third kappa shape index (κ3) is 3.28. The van der Waals surface area contributed by atoms with Crippen molar-refractivity contribution >= 4 is 0 Å². The van der Waals surface area contributed by atoms with E-state index >= 15 is 0 Å². The maximum atomic E-state index is 13.5. The zero-order valence-electron chi connectivity index (χ0n) is 12.8. The van der Waals surface area contributed by atoms with Gasteiger partial charge in [0.15, 0.2) is 12.5 Å². The lowest BCUT2D eigenvalue weighted by Gasteiger charge is -2.29. The number of nitrogens with one attached hydrogen (secondary N) is 1. The van der Waals surface area contributed by atoms with E-state index in [-0.39, 0.29) is 0 Å². The molecule has 0 spiro atoms. The van der Waals surface area contributed by atoms with Gasteiger partial charge in [-0.3, -0.25) is 14.3 Å². The smallest absolute Gasteiger partial charge is 0.330 e. The Hall–Kier alpha value is -1.59. The van der Waals surface area contributed by atoms with Gasteiger partial charge in [-0.15, -0.1) is 0 Å². The quantitative estimate of drug-likeness (QED) is 0.628. The number of rotatable bonds is 4. The first kappa shape index (κ1) is 17.2. The summed E-state index contributed by atoms with van der Waals surface area (Å²) in [5.41, 5.74) is -2.06. The number of nitrogens with zero attached hydrogens (tertiary/aromatic N) is 1. The molecule has 1 aromatic heterocycles. The van der Waals surface area contributed by atoms with E-state index in [4.69, 9.17) is 14.2 Å². The van der Waals surface area contributed by atoms with Crippen LogP contribution in [-0.4, -0.2) is 57.6 Å². The molecule has 10 heteroatoms. The fourth-order valence-electron chi connectivity index (χ4n) is 2.88. The summed E-state index contributed by atoms with van der Waals surface area (Å²) in [6, 6.07) is 0. The summed E-state index contributed by atoms with van der Waals surface area (Å²) in [6.45, 7) is -0.000691. The summed E-state index contributed by atoms with van der Waals surface area (Å²) in [4.78, 5) is 24.9. The molecule has 2 saturated heterocycles. The van der Waals surface area contributed by atoms with Crippen LogP contribution >= 0.6 is 0 Å². The number of aromatic nitrogens is 2. The standard InChI is InChI=1S/C14H19FN2O7/c15-7-5-17(14(21)16-12(7)20)13-11(10(19)8(6-18)23-13)24-9-3-1-2-4-22-9/h5,8-11,13,18-19H,1-4,6H2,(H,16,20,21)/t8-,9?,10-,11-,13-/m1/s1. The van der Waals surface area contributed by atoms with Gasteiger partial charge in [0.25, 0.3) is 5.56 Å². The van der Waals surface area contributed by atoms with Crippen molar-refractivity contribution in [1.29, 1.82) is 0 Å². The molecule has 0 radical (unpaired) electrons. The van der Waals surface area contributed by atoms with Crippen molar-refractivity contribution in [3.63, 3.8) is 0 Å². The number of aromatic amines is 1. The third-order valence-electron chi connectivity index (χ3n) is 4.14. The van der Waals surface area contributed by atoms with Gasteiger partial charge in [0.05, 0.1) is 12.8 Å². The van der Waals surface area contributed by atoms with E-state index in [9.17, 15) is 24.2 Å². The molecule has 24 heavy (non-hydrogen) atoms. The Kier molecular flexibility index (Phi) is 5.11. The van der Waals surface area contributed by atoms with Crippen molar-refractivity contribution in [2.45, 2.75) is 50.1 Å². The molecule has 3 heterocycles. The van der Waals surface area contributed by atoms with Gasteiger partial charge in [-0.05, 0) is 19.3 Å². The molecule has 2 fully saturated rings. The average molecular weight is 346 g/mol. The van der Waals surface area contributed by atoms with E-state index in [2.05, 4.69) is 0 Å². The molecule has 0 saturated carbocycles. The summed E-state index contributed by atoms with van der Waals surface area (Å²) in [5, 5.41) is 19.6. The normalized spacial score (nSPS) is 33.7. The average Bonchev–Trinajstić information content (AvgIpc) is 2.88. The molecule has 2 aliphatic heterocycles. The molecule has 3 rings (SSSR count). The van der Waals surface area contributed by atoms with Crippen LogP contribution in [0.3, 0.4) is 0 Å². The van der Waals surface area contributed by atoms with Gasteiger partial charge >= 0.3 is 5.69 Å². The zero-order chi connectivity index (χ0) is 17.3. The molecule has 3 N–H and O–H groups in total. The minimum atomic E-state index is -1.24. The van der Waals surface area contributed by atoms with Crippen LogP contribution in [-0.2, 0) is 14.2 Å². The van der Waals surface area contributed by atoms with E-state index < -0.39 is 54.5 Å². The summed E-state index contributed by atoms with van der Waals surface area (Å²) in [6.07, 6.45) is -2.03. The molecule has 0 bridgehead atoms. The lowest BCUT2D eigenvalue weighted by Crippen LogP contribution is -2.42. The Morgan fingerprint density at radius 2 is 2.21 bits per heavy atom. The largest absolute Gasteiger partial charge is 0.394 e. The Morgan fingerprint density at radius 3 is 2.88 bits per heavy atom. The Morgan fingerprint density at radius 1 is 1.42 bits per heavy atom. The highest BCUT2D eigenvalue weighted by molar-refractivity contribution is 4.95. The molecule has 1 aromatic rings. The van der Waals surface area contributed by atoms with Crippen LogP contribution in [0.15, 0.2) is 15.8 Å². The van der Waals surface area contributed by atoms with Crippen LogP contribution < -0.4 is 11.2 Å². The van der Waals surface area contributed by atoms with Crippen LogP contribution in [0.5, 0.6) is 0 Å². The lowest BCUT2D eigenvalue weighted by molar-refractivity contribution is -0.215. The predicted molar refractivity (Wildman–Crippen MR) is 76.7 cm³/mol. The third-order valence-corrected chi connectivity index (χ3v) is 4.14. The van der Waals surface area contributed by atoms with Gasteiger partial charge in [-0.25, -0.2) is 4.79 Å². The molecule has 0 amide bonds. The second kappa shape index (κ2) is 7.11. The number of ether oxygens (including phenoxy) is 3. The van der Waals surface area contributed by atoms with Crippen molar-refractivity contribution in [1.82, 2.24) is 9.55 Å². The fraction of sp³-hybridized carbons (Fsp3) is 0.714. The predicted octanol–water partition coefficient (Wildman–Crippen LogP) is -1.16. The van der Waals surface area contributed by atoms with Crippen LogP contribution in [0.4, 0.5) is 4.39 Å². The highest BCUT2D eigenvalue weighted by Gasteiger charge is 2.47. The number of aliphatic hydroxyl groups is 2. The Bertz CT molecular complexity index is 684. The number of halogens is 1. The lowest BCUT2D eigenvalue weighted by atomic mass is 10.1. The highest BCUT2D eigenvalue weighted by Crippen LogP contribution is 2.32. The first-order chi connectivity index (χ1) is 11.5. The molecule has 0 aromatic carbocycles. The van der Waals surface area contributed by atoms with Crippen LogP contribution in [0.1, 0.15) is 25.5 Å². The van der Waals surface area contributed by atoms with Crippen molar-refractivity contribution in [2.24, 2.45) is 0 Å². The van der Waals surface area contributed by atoms with Gasteiger partial charge < -0.3 is 24.4 Å². The molecule has 1 unspecified atom stereocenters. The van der Waals surface area contributed by atoms with E-state index in [1.54, 1.807) is 0 Å². The van der Waals surface area contributed by atoms with Gasteiger partial charge in [0.1, 0.15) is 18.3 Å². The van der Waals surface area contributed by atoms with E-state index in [1.807, 2.05) is 4.98 Å². The SMILES string of the molecule is O=c1[nH]c(=O)n([C@@H]2O[C@H](CO)[C@@H](O)[C@H]2OC2CCCCO2)cc1F. The minimum absolute atomic E-state index is 0.510. The molecule has 134 valence electrons. The summed E-state index contributed by atoms with van der Waals surface area (Å²) < 4.78 is 30.9. The second-order valence-corrected chi connectivity index (χ2v) is 5.78. The molecular weight excluding hydrogens is 327 g/mol. The van der Waals surface area contributed by atoms with Crippen molar-refractivity contribution < 1.29 is 28.8 Å². The maximum absolute atomic E-state index is 13.5. The summed E-state index contributed by atoms with van der Waals surface area (Å²) >= 11 is 0. The van der Waals surface area contributed by atoms with Gasteiger partial charge in [0.2, 0.25) is 5.82 Å². The molecule has 5 atom stereocenters. The van der Waals surface area contributed by atoms with Crippen molar-refractivity contribution in [2.75, 3.05) is 13.2 Å². The minimum Gasteiger partial charge on any atom is -0.394 e.